The maximum absolute atomic E-state index is 8.52. The number of nitriles is 1. The highest BCUT2D eigenvalue weighted by Crippen LogP contribution is 2.24. The summed E-state index contributed by atoms with van der Waals surface area (Å²) in [6.07, 6.45) is 0.358. The second-order valence-electron chi connectivity index (χ2n) is 2.92. The lowest BCUT2D eigenvalue weighted by Gasteiger charge is -2.12. The van der Waals surface area contributed by atoms with Gasteiger partial charge in [0, 0.05) is 10.5 Å². The summed E-state index contributed by atoms with van der Waals surface area (Å²) in [5, 5.41) is 8.52. The summed E-state index contributed by atoms with van der Waals surface area (Å²) < 4.78 is 1.04. The van der Waals surface area contributed by atoms with Crippen molar-refractivity contribution in [3.8, 4) is 6.07 Å². The van der Waals surface area contributed by atoms with Crippen LogP contribution < -0.4 is 5.73 Å². The molecule has 1 aromatic rings. The first-order chi connectivity index (χ1) is 6.16. The van der Waals surface area contributed by atoms with E-state index in [1.165, 1.54) is 0 Å². The Balaban J connectivity index is 3.02. The molecule has 0 fully saturated rings. The summed E-state index contributed by atoms with van der Waals surface area (Å²) in [5.74, 6) is 0. The third-order valence-electron chi connectivity index (χ3n) is 2.02. The molecule has 3 heteroatoms. The van der Waals surface area contributed by atoms with E-state index in [0.717, 1.165) is 15.6 Å². The van der Waals surface area contributed by atoms with Gasteiger partial charge in [0.05, 0.1) is 12.5 Å². The Morgan fingerprint density at radius 2 is 2.31 bits per heavy atom. The zero-order valence-corrected chi connectivity index (χ0v) is 9.01. The molecule has 0 aliphatic carbocycles. The SMILES string of the molecule is Cc1c(Br)cccc1[C@@H](N)CC#N. The number of halogens is 1. The van der Waals surface area contributed by atoms with E-state index < -0.39 is 0 Å². The first-order valence-corrected chi connectivity index (χ1v) is 4.83. The number of hydrogen-bond donors (Lipinski definition) is 1. The van der Waals surface area contributed by atoms with Crippen LogP contribution in [-0.4, -0.2) is 0 Å². The van der Waals surface area contributed by atoms with Gasteiger partial charge in [-0.25, -0.2) is 0 Å². The maximum Gasteiger partial charge on any atom is 0.0641 e. The van der Waals surface area contributed by atoms with Gasteiger partial charge >= 0.3 is 0 Å². The minimum absolute atomic E-state index is 0.178. The van der Waals surface area contributed by atoms with E-state index in [4.69, 9.17) is 11.0 Å². The molecule has 1 atom stereocenters. The normalized spacial score (nSPS) is 12.2. The van der Waals surface area contributed by atoms with Crippen molar-refractivity contribution in [2.75, 3.05) is 0 Å². The van der Waals surface area contributed by atoms with E-state index in [0.29, 0.717) is 6.42 Å². The molecule has 2 N–H and O–H groups in total. The standard InChI is InChI=1S/C10H11BrN2/c1-7-8(10(13)5-6-12)3-2-4-9(7)11/h2-4,10H,5,13H2,1H3/t10-/m0/s1. The number of benzene rings is 1. The summed E-state index contributed by atoms with van der Waals surface area (Å²) in [6, 6.07) is 7.76. The van der Waals surface area contributed by atoms with Gasteiger partial charge in [0.1, 0.15) is 0 Å². The predicted molar refractivity (Wildman–Crippen MR) is 56.0 cm³/mol. The van der Waals surface area contributed by atoms with Crippen molar-refractivity contribution in [2.24, 2.45) is 5.73 Å². The first kappa shape index (κ1) is 10.2. The van der Waals surface area contributed by atoms with Crippen LogP contribution in [0.25, 0.3) is 0 Å². The molecule has 68 valence electrons. The highest BCUT2D eigenvalue weighted by molar-refractivity contribution is 9.10. The average molecular weight is 239 g/mol. The topological polar surface area (TPSA) is 49.8 Å². The fraction of sp³-hybridized carbons (Fsp3) is 0.300. The Labute approximate surface area is 86.5 Å². The van der Waals surface area contributed by atoms with Crippen LogP contribution in [0.2, 0.25) is 0 Å². The van der Waals surface area contributed by atoms with Crippen LogP contribution in [0, 0.1) is 18.3 Å². The van der Waals surface area contributed by atoms with Crippen LogP contribution in [0.3, 0.4) is 0 Å². The molecule has 0 saturated heterocycles. The fourth-order valence-electron chi connectivity index (χ4n) is 1.23. The molecule has 0 spiro atoms. The van der Waals surface area contributed by atoms with Crippen LogP contribution in [0.5, 0.6) is 0 Å². The molecular formula is C10H11BrN2. The molecule has 0 bridgehead atoms. The molecule has 0 aliphatic heterocycles. The van der Waals surface area contributed by atoms with Crippen LogP contribution in [0.15, 0.2) is 22.7 Å². The van der Waals surface area contributed by atoms with Crippen LogP contribution in [0.4, 0.5) is 0 Å². The summed E-state index contributed by atoms with van der Waals surface area (Å²) in [6.45, 7) is 2.00. The predicted octanol–water partition coefficient (Wildman–Crippen LogP) is 2.67. The highest BCUT2D eigenvalue weighted by Gasteiger charge is 2.09. The minimum Gasteiger partial charge on any atom is -0.323 e. The molecule has 1 aromatic carbocycles. The van der Waals surface area contributed by atoms with Gasteiger partial charge in [-0.3, -0.25) is 0 Å². The van der Waals surface area contributed by atoms with Gasteiger partial charge in [0.2, 0.25) is 0 Å². The molecule has 0 radical (unpaired) electrons. The second-order valence-corrected chi connectivity index (χ2v) is 3.78. The van der Waals surface area contributed by atoms with Crippen molar-refractivity contribution in [3.63, 3.8) is 0 Å². The first-order valence-electron chi connectivity index (χ1n) is 4.04. The van der Waals surface area contributed by atoms with Gasteiger partial charge in [0.25, 0.3) is 0 Å². The lowest BCUT2D eigenvalue weighted by atomic mass is 10.0. The Bertz CT molecular complexity index is 341. The third-order valence-corrected chi connectivity index (χ3v) is 2.88. The molecule has 0 heterocycles. The van der Waals surface area contributed by atoms with Gasteiger partial charge in [-0.2, -0.15) is 5.26 Å². The van der Waals surface area contributed by atoms with Gasteiger partial charge in [0.15, 0.2) is 0 Å². The van der Waals surface area contributed by atoms with Crippen LogP contribution in [-0.2, 0) is 0 Å². The Morgan fingerprint density at radius 3 is 2.92 bits per heavy atom. The number of nitrogens with zero attached hydrogens (tertiary/aromatic N) is 1. The van der Waals surface area contributed by atoms with Crippen molar-refractivity contribution in [3.05, 3.63) is 33.8 Å². The van der Waals surface area contributed by atoms with Gasteiger partial charge < -0.3 is 5.73 Å². The largest absolute Gasteiger partial charge is 0.323 e. The molecular weight excluding hydrogens is 228 g/mol. The minimum atomic E-state index is -0.178. The molecule has 13 heavy (non-hydrogen) atoms. The van der Waals surface area contributed by atoms with Crippen LogP contribution >= 0.6 is 15.9 Å². The van der Waals surface area contributed by atoms with E-state index in [1.807, 2.05) is 25.1 Å². The summed E-state index contributed by atoms with van der Waals surface area (Å²) in [7, 11) is 0. The van der Waals surface area contributed by atoms with Crippen molar-refractivity contribution in [1.82, 2.24) is 0 Å². The molecule has 0 amide bonds. The molecule has 2 nitrogen and oxygen atoms in total. The lowest BCUT2D eigenvalue weighted by Crippen LogP contribution is -2.10. The molecule has 0 aliphatic rings. The van der Waals surface area contributed by atoms with E-state index in [1.54, 1.807) is 0 Å². The zero-order valence-electron chi connectivity index (χ0n) is 7.42. The van der Waals surface area contributed by atoms with Crippen molar-refractivity contribution >= 4 is 15.9 Å². The Kier molecular flexibility index (Phi) is 3.47. The smallest absolute Gasteiger partial charge is 0.0641 e. The molecule has 0 saturated carbocycles. The second kappa shape index (κ2) is 4.40. The monoisotopic (exact) mass is 238 g/mol. The van der Waals surface area contributed by atoms with E-state index >= 15 is 0 Å². The lowest BCUT2D eigenvalue weighted by molar-refractivity contribution is 0.742. The fourth-order valence-corrected chi connectivity index (χ4v) is 1.62. The third kappa shape index (κ3) is 2.30. The Hall–Kier alpha value is -0.850. The van der Waals surface area contributed by atoms with Gasteiger partial charge in [-0.15, -0.1) is 0 Å². The molecule has 0 aromatic heterocycles. The van der Waals surface area contributed by atoms with Crippen molar-refractivity contribution < 1.29 is 0 Å². The van der Waals surface area contributed by atoms with Gasteiger partial charge in [-0.1, -0.05) is 28.1 Å². The molecule has 1 rings (SSSR count). The summed E-state index contributed by atoms with van der Waals surface area (Å²) >= 11 is 3.43. The quantitative estimate of drug-likeness (QED) is 0.862. The van der Waals surface area contributed by atoms with Gasteiger partial charge in [-0.05, 0) is 24.1 Å². The average Bonchev–Trinajstić information content (AvgIpc) is 2.10. The van der Waals surface area contributed by atoms with E-state index in [2.05, 4.69) is 22.0 Å². The number of rotatable bonds is 2. The van der Waals surface area contributed by atoms with E-state index in [-0.39, 0.29) is 6.04 Å². The molecule has 0 unspecified atom stereocenters. The van der Waals surface area contributed by atoms with E-state index in [9.17, 15) is 0 Å². The highest BCUT2D eigenvalue weighted by atomic mass is 79.9. The number of hydrogen-bond acceptors (Lipinski definition) is 2. The number of nitrogens with two attached hydrogens (primary N) is 1. The maximum atomic E-state index is 8.52. The van der Waals surface area contributed by atoms with Crippen molar-refractivity contribution in [2.45, 2.75) is 19.4 Å². The summed E-state index contributed by atoms with van der Waals surface area (Å²) in [5.41, 5.74) is 7.99. The summed E-state index contributed by atoms with van der Waals surface area (Å²) in [4.78, 5) is 0. The van der Waals surface area contributed by atoms with Crippen molar-refractivity contribution in [1.29, 1.82) is 5.26 Å². The zero-order chi connectivity index (χ0) is 9.84. The Morgan fingerprint density at radius 1 is 1.62 bits per heavy atom. The van der Waals surface area contributed by atoms with Crippen LogP contribution in [0.1, 0.15) is 23.6 Å².